The molecule has 112 valence electrons. The van der Waals surface area contributed by atoms with Gasteiger partial charge in [0.05, 0.1) is 0 Å². The molecule has 1 rings (SSSR count). The summed E-state index contributed by atoms with van der Waals surface area (Å²) in [6.45, 7) is 11.4. The van der Waals surface area contributed by atoms with Crippen molar-refractivity contribution in [2.45, 2.75) is 73.1 Å². The molecule has 0 bridgehead atoms. The van der Waals surface area contributed by atoms with Gasteiger partial charge in [-0.05, 0) is 64.7 Å². The van der Waals surface area contributed by atoms with Gasteiger partial charge in [-0.2, -0.15) is 0 Å². The summed E-state index contributed by atoms with van der Waals surface area (Å²) in [5, 5.41) is 0. The summed E-state index contributed by atoms with van der Waals surface area (Å²) in [5.41, 5.74) is 4.83. The fraction of sp³-hybridized carbons (Fsp3) is 0.600. The van der Waals surface area contributed by atoms with Crippen LogP contribution in [0.4, 0.5) is 0 Å². The van der Waals surface area contributed by atoms with Crippen LogP contribution in [0.25, 0.3) is 0 Å². The summed E-state index contributed by atoms with van der Waals surface area (Å²) in [6, 6.07) is 0. The van der Waals surface area contributed by atoms with Gasteiger partial charge in [-0.15, -0.1) is 0 Å². The van der Waals surface area contributed by atoms with Crippen LogP contribution in [0, 0.1) is 5.41 Å². The zero-order valence-corrected chi connectivity index (χ0v) is 14.1. The maximum Gasteiger partial charge on any atom is -0.0140 e. The van der Waals surface area contributed by atoms with Crippen molar-refractivity contribution < 1.29 is 0 Å². The van der Waals surface area contributed by atoms with E-state index in [1.807, 2.05) is 0 Å². The van der Waals surface area contributed by atoms with Gasteiger partial charge in [0, 0.05) is 0 Å². The van der Waals surface area contributed by atoms with Crippen LogP contribution in [-0.4, -0.2) is 0 Å². The number of allylic oxidation sites excluding steroid dienone is 8. The molecule has 0 aromatic heterocycles. The lowest BCUT2D eigenvalue weighted by molar-refractivity contribution is 0.485. The predicted molar refractivity (Wildman–Crippen MR) is 91.9 cm³/mol. The molecule has 0 aromatic rings. The highest BCUT2D eigenvalue weighted by atomic mass is 14.2. The molecule has 0 radical (unpaired) electrons. The van der Waals surface area contributed by atoms with E-state index in [1.165, 1.54) is 42.4 Å². The molecular weight excluding hydrogens is 240 g/mol. The molecule has 0 saturated carbocycles. The van der Waals surface area contributed by atoms with Gasteiger partial charge in [-0.25, -0.2) is 0 Å². The zero-order chi connectivity index (χ0) is 15.0. The average molecular weight is 272 g/mol. The van der Waals surface area contributed by atoms with Crippen molar-refractivity contribution in [3.8, 4) is 0 Å². The van der Waals surface area contributed by atoms with Crippen LogP contribution in [0.5, 0.6) is 0 Å². The minimum atomic E-state index is 0.271. The van der Waals surface area contributed by atoms with Crippen molar-refractivity contribution in [3.63, 3.8) is 0 Å². The molecule has 1 aliphatic rings. The Morgan fingerprint density at radius 2 is 1.35 bits per heavy atom. The Morgan fingerprint density at radius 1 is 0.800 bits per heavy atom. The number of hydrogen-bond donors (Lipinski definition) is 0. The van der Waals surface area contributed by atoms with E-state index >= 15 is 0 Å². The van der Waals surface area contributed by atoms with Gasteiger partial charge in [0.15, 0.2) is 0 Å². The van der Waals surface area contributed by atoms with Gasteiger partial charge >= 0.3 is 0 Å². The van der Waals surface area contributed by atoms with E-state index in [4.69, 9.17) is 0 Å². The largest absolute Gasteiger partial charge is 0.0853 e. The standard InChI is InChI=1S/C20H32/c1-17-9-6-11-18(2)13-8-15-20(4,5)16-14-19(3)12-7-10-17/h8,10-11,14-15H,6-7,9,12-13,16H2,1-5H3/b15-8-,17-10-,18-11-,19-14-. The smallest absolute Gasteiger partial charge is 0.0140 e. The SMILES string of the molecule is C/C1=C/CC/C(C)=C\CC/C(C)=C\CC(C)(C)/C=C\C1. The Hall–Kier alpha value is -1.04. The quantitative estimate of drug-likeness (QED) is 0.427. The first-order valence-electron chi connectivity index (χ1n) is 8.04. The van der Waals surface area contributed by atoms with E-state index in [0.29, 0.717) is 0 Å². The van der Waals surface area contributed by atoms with Crippen LogP contribution in [0.1, 0.15) is 73.1 Å². The fourth-order valence-electron chi connectivity index (χ4n) is 2.45. The van der Waals surface area contributed by atoms with Gasteiger partial charge in [0.2, 0.25) is 0 Å². The molecule has 0 aliphatic heterocycles. The molecule has 1 aliphatic carbocycles. The van der Waals surface area contributed by atoms with E-state index in [2.05, 4.69) is 65.0 Å². The Labute approximate surface area is 126 Å². The molecule has 0 amide bonds. The zero-order valence-electron chi connectivity index (χ0n) is 14.1. The van der Waals surface area contributed by atoms with Crippen LogP contribution in [0.3, 0.4) is 0 Å². The Balaban J connectivity index is 2.81. The normalized spacial score (nSPS) is 31.6. The third-order valence-electron chi connectivity index (χ3n) is 4.05. The number of rotatable bonds is 0. The monoisotopic (exact) mass is 272 g/mol. The number of hydrogen-bond acceptors (Lipinski definition) is 0. The van der Waals surface area contributed by atoms with Gasteiger partial charge in [0.1, 0.15) is 0 Å². The predicted octanol–water partition coefficient (Wildman–Crippen LogP) is 6.76. The first kappa shape index (κ1) is 17.0. The van der Waals surface area contributed by atoms with E-state index in [9.17, 15) is 0 Å². The second kappa shape index (κ2) is 8.29. The first-order valence-corrected chi connectivity index (χ1v) is 8.04. The molecule has 0 N–H and O–H groups in total. The third-order valence-corrected chi connectivity index (χ3v) is 4.05. The fourth-order valence-corrected chi connectivity index (χ4v) is 2.45. The van der Waals surface area contributed by atoms with Gasteiger partial charge in [0.25, 0.3) is 0 Å². The molecule has 0 fully saturated rings. The molecule has 20 heavy (non-hydrogen) atoms. The third kappa shape index (κ3) is 7.53. The minimum Gasteiger partial charge on any atom is -0.0853 e. The minimum absolute atomic E-state index is 0.271. The van der Waals surface area contributed by atoms with E-state index in [-0.39, 0.29) is 5.41 Å². The van der Waals surface area contributed by atoms with Crippen molar-refractivity contribution in [1.82, 2.24) is 0 Å². The Bertz CT molecular complexity index is 413. The van der Waals surface area contributed by atoms with Crippen molar-refractivity contribution in [2.24, 2.45) is 5.41 Å². The molecule has 0 spiro atoms. The van der Waals surface area contributed by atoms with Crippen molar-refractivity contribution >= 4 is 0 Å². The highest BCUT2D eigenvalue weighted by Crippen LogP contribution is 2.25. The van der Waals surface area contributed by atoms with Crippen LogP contribution in [0.15, 0.2) is 47.1 Å². The van der Waals surface area contributed by atoms with Gasteiger partial charge in [-0.3, -0.25) is 0 Å². The molecule has 0 nitrogen and oxygen atoms in total. The topological polar surface area (TPSA) is 0 Å². The highest BCUT2D eigenvalue weighted by molar-refractivity contribution is 5.11. The molecule has 0 heterocycles. The Morgan fingerprint density at radius 3 is 2.00 bits per heavy atom. The molecule has 0 unspecified atom stereocenters. The van der Waals surface area contributed by atoms with Crippen molar-refractivity contribution in [3.05, 3.63) is 47.1 Å². The molecule has 0 atom stereocenters. The maximum absolute atomic E-state index is 2.43. The van der Waals surface area contributed by atoms with Gasteiger partial charge in [-0.1, -0.05) is 60.9 Å². The molecular formula is C20H32. The lowest BCUT2D eigenvalue weighted by Gasteiger charge is -2.18. The highest BCUT2D eigenvalue weighted by Gasteiger charge is 2.11. The van der Waals surface area contributed by atoms with Crippen LogP contribution < -0.4 is 0 Å². The summed E-state index contributed by atoms with van der Waals surface area (Å²) < 4.78 is 0. The molecule has 0 saturated heterocycles. The summed E-state index contributed by atoms with van der Waals surface area (Å²) >= 11 is 0. The van der Waals surface area contributed by atoms with E-state index < -0.39 is 0 Å². The lowest BCUT2D eigenvalue weighted by atomic mass is 9.87. The van der Waals surface area contributed by atoms with E-state index in [1.54, 1.807) is 0 Å². The second-order valence-electron chi connectivity index (χ2n) is 7.03. The Kier molecular flexibility index (Phi) is 7.05. The van der Waals surface area contributed by atoms with Gasteiger partial charge < -0.3 is 0 Å². The first-order chi connectivity index (χ1) is 9.39. The summed E-state index contributed by atoms with van der Waals surface area (Å²) in [6.07, 6.45) is 19.0. The lowest BCUT2D eigenvalue weighted by Crippen LogP contribution is -2.05. The molecule has 0 heteroatoms. The van der Waals surface area contributed by atoms with E-state index in [0.717, 1.165) is 12.8 Å². The molecule has 0 aromatic carbocycles. The van der Waals surface area contributed by atoms with Crippen molar-refractivity contribution in [1.29, 1.82) is 0 Å². The van der Waals surface area contributed by atoms with Crippen molar-refractivity contribution in [2.75, 3.05) is 0 Å². The average Bonchev–Trinajstić information content (AvgIpc) is 2.35. The second-order valence-corrected chi connectivity index (χ2v) is 7.03. The summed E-state index contributed by atoms with van der Waals surface area (Å²) in [4.78, 5) is 0. The van der Waals surface area contributed by atoms with Crippen LogP contribution in [-0.2, 0) is 0 Å². The summed E-state index contributed by atoms with van der Waals surface area (Å²) in [5.74, 6) is 0. The van der Waals surface area contributed by atoms with Crippen LogP contribution in [0.2, 0.25) is 0 Å². The maximum atomic E-state index is 2.43. The van der Waals surface area contributed by atoms with Crippen LogP contribution >= 0.6 is 0 Å². The summed E-state index contributed by atoms with van der Waals surface area (Å²) in [7, 11) is 0.